The van der Waals surface area contributed by atoms with Crippen molar-refractivity contribution >= 4 is 23.2 Å². The number of pyridine rings is 1. The lowest BCUT2D eigenvalue weighted by Gasteiger charge is -2.12. The molecule has 0 radical (unpaired) electrons. The molecule has 0 aliphatic carbocycles. The third-order valence-electron chi connectivity index (χ3n) is 4.76. The predicted molar refractivity (Wildman–Crippen MR) is 122 cm³/mol. The van der Waals surface area contributed by atoms with E-state index in [1.54, 1.807) is 48.5 Å². The molecule has 4 rings (SSSR count). The van der Waals surface area contributed by atoms with Crippen molar-refractivity contribution in [3.05, 3.63) is 65.4 Å². The molecule has 0 aliphatic heterocycles. The molecule has 0 fully saturated rings. The summed E-state index contributed by atoms with van der Waals surface area (Å²) in [5, 5.41) is 7.01. The van der Waals surface area contributed by atoms with E-state index in [4.69, 9.17) is 30.3 Å². The summed E-state index contributed by atoms with van der Waals surface area (Å²) in [6.45, 7) is 0. The van der Waals surface area contributed by atoms with Crippen LogP contribution in [0.2, 0.25) is 5.15 Å². The first-order chi connectivity index (χ1) is 16.0. The van der Waals surface area contributed by atoms with Crippen LogP contribution in [0.25, 0.3) is 22.8 Å². The average Bonchev–Trinajstić information content (AvgIpc) is 3.33. The second-order valence-corrected chi connectivity index (χ2v) is 7.04. The number of amides is 1. The van der Waals surface area contributed by atoms with Crippen molar-refractivity contribution < 1.29 is 23.5 Å². The number of aromatic nitrogens is 3. The van der Waals surface area contributed by atoms with Crippen LogP contribution in [0.4, 0.5) is 5.69 Å². The lowest BCUT2D eigenvalue weighted by molar-refractivity contribution is 0.102. The van der Waals surface area contributed by atoms with Gasteiger partial charge in [0.15, 0.2) is 11.5 Å². The molecule has 0 unspecified atom stereocenters. The van der Waals surface area contributed by atoms with E-state index in [0.29, 0.717) is 39.9 Å². The van der Waals surface area contributed by atoms with E-state index in [1.165, 1.54) is 27.5 Å². The van der Waals surface area contributed by atoms with Gasteiger partial charge in [0.2, 0.25) is 11.6 Å². The van der Waals surface area contributed by atoms with Crippen molar-refractivity contribution in [2.45, 2.75) is 0 Å². The molecule has 0 atom stereocenters. The molecule has 0 spiro atoms. The van der Waals surface area contributed by atoms with Gasteiger partial charge in [0.1, 0.15) is 5.15 Å². The quantitative estimate of drug-likeness (QED) is 0.389. The van der Waals surface area contributed by atoms with Crippen LogP contribution < -0.4 is 19.5 Å². The molecular weight excluding hydrogens is 448 g/mol. The largest absolute Gasteiger partial charge is 0.493 e. The zero-order chi connectivity index (χ0) is 23.4. The number of nitrogens with zero attached hydrogens (tertiary/aromatic N) is 3. The Morgan fingerprint density at radius 2 is 1.73 bits per heavy atom. The zero-order valence-corrected chi connectivity index (χ0v) is 18.7. The lowest BCUT2D eigenvalue weighted by Crippen LogP contribution is -2.13. The fraction of sp³-hybridized carbons (Fsp3) is 0.130. The average molecular weight is 467 g/mol. The van der Waals surface area contributed by atoms with Crippen LogP contribution in [0.1, 0.15) is 10.4 Å². The first-order valence-electron chi connectivity index (χ1n) is 9.71. The molecular formula is C23H19ClN4O5. The van der Waals surface area contributed by atoms with E-state index < -0.39 is 5.91 Å². The van der Waals surface area contributed by atoms with Crippen LogP contribution in [-0.2, 0) is 0 Å². The van der Waals surface area contributed by atoms with Gasteiger partial charge in [-0.1, -0.05) is 28.9 Å². The van der Waals surface area contributed by atoms with Crippen LogP contribution in [0.3, 0.4) is 0 Å². The molecule has 10 heteroatoms. The van der Waals surface area contributed by atoms with E-state index in [0.717, 1.165) is 0 Å². The van der Waals surface area contributed by atoms with Crippen LogP contribution in [0, 0.1) is 0 Å². The van der Waals surface area contributed by atoms with Gasteiger partial charge in [-0.05, 0) is 36.4 Å². The Bertz CT molecular complexity index is 1280. The minimum Gasteiger partial charge on any atom is -0.493 e. The highest BCUT2D eigenvalue weighted by Gasteiger charge is 2.20. The van der Waals surface area contributed by atoms with Gasteiger partial charge in [0.05, 0.1) is 38.1 Å². The number of carbonyl (C=O) groups is 1. The summed E-state index contributed by atoms with van der Waals surface area (Å²) >= 11 is 6.04. The Morgan fingerprint density at radius 3 is 2.39 bits per heavy atom. The van der Waals surface area contributed by atoms with Gasteiger partial charge < -0.3 is 24.1 Å². The Labute approximate surface area is 194 Å². The Hall–Kier alpha value is -4.11. The summed E-state index contributed by atoms with van der Waals surface area (Å²) < 4.78 is 21.6. The highest BCUT2D eigenvalue weighted by molar-refractivity contribution is 6.33. The Kier molecular flexibility index (Phi) is 6.41. The highest BCUT2D eigenvalue weighted by atomic mass is 35.5. The predicted octanol–water partition coefficient (Wildman–Crippen LogP) is 4.73. The standard InChI is InChI=1S/C23H19ClN4O5/c1-30-17-11-13(12-18(31-2)19(17)32-3)21-27-23(33-28-21)14-7-4-5-9-16(14)26-22(29)15-8-6-10-25-20(15)24/h4-12H,1-3H3,(H,26,29). The van der Waals surface area contributed by atoms with Crippen LogP contribution in [0.15, 0.2) is 59.3 Å². The number of carbonyl (C=O) groups excluding carboxylic acids is 1. The summed E-state index contributed by atoms with van der Waals surface area (Å²) in [6.07, 6.45) is 1.51. The van der Waals surface area contributed by atoms with Crippen molar-refractivity contribution in [3.8, 4) is 40.1 Å². The van der Waals surface area contributed by atoms with Crippen molar-refractivity contribution in [2.24, 2.45) is 0 Å². The molecule has 4 aromatic rings. The molecule has 0 saturated heterocycles. The Morgan fingerprint density at radius 1 is 1.00 bits per heavy atom. The lowest BCUT2D eigenvalue weighted by atomic mass is 10.1. The number of benzene rings is 2. The summed E-state index contributed by atoms with van der Waals surface area (Å²) in [5.41, 5.74) is 1.86. The molecule has 0 bridgehead atoms. The molecule has 2 aromatic carbocycles. The number of nitrogens with one attached hydrogen (secondary N) is 1. The Balaban J connectivity index is 1.68. The van der Waals surface area contributed by atoms with Crippen molar-refractivity contribution in [1.29, 1.82) is 0 Å². The summed E-state index contributed by atoms with van der Waals surface area (Å²) in [4.78, 5) is 21.1. The first-order valence-corrected chi connectivity index (χ1v) is 10.1. The second-order valence-electron chi connectivity index (χ2n) is 6.68. The minimum atomic E-state index is -0.412. The normalized spacial score (nSPS) is 10.5. The molecule has 168 valence electrons. The molecule has 0 aliphatic rings. The van der Waals surface area contributed by atoms with E-state index >= 15 is 0 Å². The number of para-hydroxylation sites is 1. The van der Waals surface area contributed by atoms with E-state index in [2.05, 4.69) is 20.4 Å². The smallest absolute Gasteiger partial charge is 0.260 e. The van der Waals surface area contributed by atoms with Gasteiger partial charge in [-0.3, -0.25) is 4.79 Å². The molecule has 1 N–H and O–H groups in total. The van der Waals surface area contributed by atoms with Crippen LogP contribution >= 0.6 is 11.6 Å². The first kappa shape index (κ1) is 22.1. The topological polar surface area (TPSA) is 109 Å². The van der Waals surface area contributed by atoms with Crippen LogP contribution in [0.5, 0.6) is 17.2 Å². The molecule has 2 aromatic heterocycles. The van der Waals surface area contributed by atoms with Gasteiger partial charge in [-0.25, -0.2) is 4.98 Å². The van der Waals surface area contributed by atoms with Crippen LogP contribution in [-0.4, -0.2) is 42.4 Å². The summed E-state index contributed by atoms with van der Waals surface area (Å²) in [5.74, 6) is 1.48. The monoisotopic (exact) mass is 466 g/mol. The van der Waals surface area contributed by atoms with Gasteiger partial charge >= 0.3 is 0 Å². The third-order valence-corrected chi connectivity index (χ3v) is 5.06. The number of ether oxygens (including phenoxy) is 3. The minimum absolute atomic E-state index is 0.106. The highest BCUT2D eigenvalue weighted by Crippen LogP contribution is 2.41. The number of hydrogen-bond acceptors (Lipinski definition) is 8. The maximum absolute atomic E-state index is 12.7. The number of halogens is 1. The van der Waals surface area contributed by atoms with Gasteiger partial charge in [0.25, 0.3) is 11.8 Å². The molecule has 2 heterocycles. The van der Waals surface area contributed by atoms with E-state index in [1.807, 2.05) is 0 Å². The van der Waals surface area contributed by atoms with E-state index in [-0.39, 0.29) is 16.6 Å². The van der Waals surface area contributed by atoms with Crippen molar-refractivity contribution in [1.82, 2.24) is 15.1 Å². The zero-order valence-electron chi connectivity index (χ0n) is 18.0. The maximum Gasteiger partial charge on any atom is 0.260 e. The third kappa shape index (κ3) is 4.44. The fourth-order valence-electron chi connectivity index (χ4n) is 3.18. The molecule has 9 nitrogen and oxygen atoms in total. The number of anilines is 1. The van der Waals surface area contributed by atoms with Crippen molar-refractivity contribution in [2.75, 3.05) is 26.6 Å². The van der Waals surface area contributed by atoms with Gasteiger partial charge in [-0.15, -0.1) is 0 Å². The molecule has 1 amide bonds. The summed E-state index contributed by atoms with van der Waals surface area (Å²) in [6, 6.07) is 13.7. The number of hydrogen-bond donors (Lipinski definition) is 1. The maximum atomic E-state index is 12.7. The number of rotatable bonds is 7. The molecule has 0 saturated carbocycles. The number of methoxy groups -OCH3 is 3. The summed E-state index contributed by atoms with van der Waals surface area (Å²) in [7, 11) is 4.57. The fourth-order valence-corrected chi connectivity index (χ4v) is 3.39. The SMILES string of the molecule is COc1cc(-c2noc(-c3ccccc3NC(=O)c3cccnc3Cl)n2)cc(OC)c1OC. The van der Waals surface area contributed by atoms with Gasteiger partial charge in [-0.2, -0.15) is 4.98 Å². The van der Waals surface area contributed by atoms with E-state index in [9.17, 15) is 4.79 Å². The second kappa shape index (κ2) is 9.58. The molecule has 33 heavy (non-hydrogen) atoms. The van der Waals surface area contributed by atoms with Crippen molar-refractivity contribution in [3.63, 3.8) is 0 Å². The van der Waals surface area contributed by atoms with Gasteiger partial charge in [0, 0.05) is 11.8 Å².